The number of amides is 2. The molecule has 0 spiro atoms. The van der Waals surface area contributed by atoms with Gasteiger partial charge in [0.2, 0.25) is 0 Å². The average Bonchev–Trinajstić information content (AvgIpc) is 3.13. The van der Waals surface area contributed by atoms with Gasteiger partial charge in [0.1, 0.15) is 0 Å². The Morgan fingerprint density at radius 3 is 2.81 bits per heavy atom. The zero-order valence-electron chi connectivity index (χ0n) is 11.6. The highest BCUT2D eigenvalue weighted by atomic mass is 32.1. The van der Waals surface area contributed by atoms with Gasteiger partial charge >= 0.3 is 6.03 Å². The molecule has 110 valence electrons. The number of rotatable bonds is 3. The van der Waals surface area contributed by atoms with Crippen molar-refractivity contribution in [3.8, 4) is 0 Å². The minimum atomic E-state index is 0.0401. The number of hydrogen-bond donors (Lipinski definition) is 0. The molecule has 8 nitrogen and oxygen atoms in total. The topological polar surface area (TPSA) is 70.4 Å². The highest BCUT2D eigenvalue weighted by Crippen LogP contribution is 2.28. The summed E-state index contributed by atoms with van der Waals surface area (Å²) in [5.41, 5.74) is 0.873. The van der Waals surface area contributed by atoms with Crippen LogP contribution in [0.2, 0.25) is 0 Å². The molecule has 0 bridgehead atoms. The molecule has 2 aromatic heterocycles. The van der Waals surface area contributed by atoms with Crippen LogP contribution in [0.3, 0.4) is 0 Å². The molecule has 0 atom stereocenters. The van der Waals surface area contributed by atoms with Crippen molar-refractivity contribution < 1.29 is 4.79 Å². The molecule has 0 aliphatic carbocycles. The molecule has 0 unspecified atom stereocenters. The second-order valence-corrected chi connectivity index (χ2v) is 5.92. The van der Waals surface area contributed by atoms with Crippen molar-refractivity contribution in [2.24, 2.45) is 0 Å². The minimum Gasteiger partial charge on any atom is -0.350 e. The van der Waals surface area contributed by atoms with Gasteiger partial charge in [0.05, 0.1) is 35.9 Å². The highest BCUT2D eigenvalue weighted by Gasteiger charge is 2.32. The minimum absolute atomic E-state index is 0.0401. The largest absolute Gasteiger partial charge is 0.350 e. The predicted molar refractivity (Wildman–Crippen MR) is 78.8 cm³/mol. The van der Waals surface area contributed by atoms with Crippen molar-refractivity contribution in [1.82, 2.24) is 23.4 Å². The van der Waals surface area contributed by atoms with E-state index in [-0.39, 0.29) is 6.03 Å². The van der Waals surface area contributed by atoms with Crippen LogP contribution in [0.1, 0.15) is 6.04 Å². The van der Waals surface area contributed by atoms with Crippen LogP contribution in [0.5, 0.6) is 0 Å². The van der Waals surface area contributed by atoms with Gasteiger partial charge in [-0.15, -0.1) is 0 Å². The molecule has 2 saturated heterocycles. The molecule has 2 amide bonds. The summed E-state index contributed by atoms with van der Waals surface area (Å²) in [5.74, 6) is 0.931. The second kappa shape index (κ2) is 4.69. The van der Waals surface area contributed by atoms with Crippen molar-refractivity contribution in [2.45, 2.75) is 6.04 Å². The molecule has 9 heteroatoms. The van der Waals surface area contributed by atoms with Gasteiger partial charge in [-0.05, 0) is 0 Å². The maximum absolute atomic E-state index is 12.0. The number of likely N-dealkylation sites (N-methyl/N-ethyl adjacent to an activating group) is 1. The molecular formula is C12H15N7OS. The van der Waals surface area contributed by atoms with Gasteiger partial charge in [0, 0.05) is 39.4 Å². The summed E-state index contributed by atoms with van der Waals surface area (Å²) < 4.78 is 10.2. The molecule has 2 aliphatic rings. The maximum Gasteiger partial charge on any atom is 0.324 e. The standard InChI is InChI=1S/C12H15N7OS/c1-16-2-3-18(12(16)20)9-4-13-19(8-9)10-6-17(7-10)11-5-14-21-15-11/h4-5,8,10H,2-3,6-7H2,1H3. The monoisotopic (exact) mass is 305 g/mol. The lowest BCUT2D eigenvalue weighted by Crippen LogP contribution is -2.48. The fourth-order valence-corrected chi connectivity index (χ4v) is 3.10. The third-order valence-electron chi connectivity index (χ3n) is 4.03. The predicted octanol–water partition coefficient (Wildman–Crippen LogP) is 0.668. The van der Waals surface area contributed by atoms with Gasteiger partial charge in [-0.2, -0.15) is 13.8 Å². The molecule has 2 aromatic rings. The maximum atomic E-state index is 12.0. The Labute approximate surface area is 125 Å². The molecule has 4 heterocycles. The molecule has 4 rings (SSSR count). The Kier molecular flexibility index (Phi) is 2.81. The van der Waals surface area contributed by atoms with E-state index < -0.39 is 0 Å². The Morgan fingerprint density at radius 2 is 2.14 bits per heavy atom. The smallest absolute Gasteiger partial charge is 0.324 e. The Hall–Kier alpha value is -2.16. The van der Waals surface area contributed by atoms with Crippen molar-refractivity contribution >= 4 is 29.3 Å². The summed E-state index contributed by atoms with van der Waals surface area (Å²) >= 11 is 1.22. The molecule has 0 saturated carbocycles. The van der Waals surface area contributed by atoms with Crippen LogP contribution in [0.25, 0.3) is 0 Å². The normalized spacial score (nSPS) is 19.5. The summed E-state index contributed by atoms with van der Waals surface area (Å²) in [4.78, 5) is 17.6. The number of aromatic nitrogens is 4. The van der Waals surface area contributed by atoms with Gasteiger partial charge in [-0.25, -0.2) is 4.79 Å². The van der Waals surface area contributed by atoms with Crippen LogP contribution in [0.4, 0.5) is 16.3 Å². The summed E-state index contributed by atoms with van der Waals surface area (Å²) in [6.07, 6.45) is 5.51. The average molecular weight is 305 g/mol. The van der Waals surface area contributed by atoms with E-state index in [1.54, 1.807) is 22.2 Å². The van der Waals surface area contributed by atoms with Gasteiger partial charge in [-0.3, -0.25) is 9.58 Å². The van der Waals surface area contributed by atoms with E-state index in [9.17, 15) is 4.79 Å². The SMILES string of the molecule is CN1CCN(c2cnn(C3CN(c4cnsn4)C3)c2)C1=O. The lowest BCUT2D eigenvalue weighted by Gasteiger charge is -2.39. The number of carbonyl (C=O) groups excluding carboxylic acids is 1. The van der Waals surface area contributed by atoms with Crippen LogP contribution >= 0.6 is 11.7 Å². The first kappa shape index (κ1) is 12.6. The molecule has 0 radical (unpaired) electrons. The zero-order chi connectivity index (χ0) is 14.4. The third-order valence-corrected chi connectivity index (χ3v) is 4.49. The number of anilines is 2. The Bertz CT molecular complexity index is 648. The molecule has 2 aliphatic heterocycles. The number of urea groups is 1. The molecule has 0 N–H and O–H groups in total. The molecule has 21 heavy (non-hydrogen) atoms. The fourth-order valence-electron chi connectivity index (χ4n) is 2.66. The van der Waals surface area contributed by atoms with Crippen LogP contribution < -0.4 is 9.80 Å². The van der Waals surface area contributed by atoms with Gasteiger partial charge in [0.15, 0.2) is 5.82 Å². The van der Waals surface area contributed by atoms with E-state index >= 15 is 0 Å². The Balaban J connectivity index is 1.43. The van der Waals surface area contributed by atoms with E-state index in [0.29, 0.717) is 6.04 Å². The number of hydrogen-bond acceptors (Lipinski definition) is 6. The first-order valence-electron chi connectivity index (χ1n) is 6.81. The van der Waals surface area contributed by atoms with Crippen LogP contribution in [-0.4, -0.2) is 62.7 Å². The van der Waals surface area contributed by atoms with Crippen molar-refractivity contribution in [3.63, 3.8) is 0 Å². The second-order valence-electron chi connectivity index (χ2n) is 5.36. The van der Waals surface area contributed by atoms with E-state index in [1.165, 1.54) is 11.7 Å². The first-order valence-corrected chi connectivity index (χ1v) is 7.55. The lowest BCUT2D eigenvalue weighted by molar-refractivity contribution is 0.229. The molecule has 2 fully saturated rings. The first-order chi connectivity index (χ1) is 10.2. The van der Waals surface area contributed by atoms with Crippen LogP contribution in [0.15, 0.2) is 18.6 Å². The molecular weight excluding hydrogens is 290 g/mol. The summed E-state index contributed by atoms with van der Waals surface area (Å²) in [6.45, 7) is 3.24. The van der Waals surface area contributed by atoms with E-state index in [4.69, 9.17) is 0 Å². The highest BCUT2D eigenvalue weighted by molar-refractivity contribution is 6.99. The van der Waals surface area contributed by atoms with Gasteiger partial charge in [0.25, 0.3) is 0 Å². The summed E-state index contributed by atoms with van der Waals surface area (Å²) in [6, 6.07) is 0.370. The van der Waals surface area contributed by atoms with Gasteiger partial charge in [-0.1, -0.05) is 0 Å². The zero-order valence-corrected chi connectivity index (χ0v) is 12.4. The quantitative estimate of drug-likeness (QED) is 0.833. The molecule has 0 aromatic carbocycles. The van der Waals surface area contributed by atoms with Crippen LogP contribution in [-0.2, 0) is 0 Å². The van der Waals surface area contributed by atoms with E-state index in [2.05, 4.69) is 18.7 Å². The van der Waals surface area contributed by atoms with Crippen LogP contribution in [0, 0.1) is 0 Å². The van der Waals surface area contributed by atoms with E-state index in [1.807, 2.05) is 17.9 Å². The van der Waals surface area contributed by atoms with Gasteiger partial charge < -0.3 is 9.80 Å². The third kappa shape index (κ3) is 2.04. The van der Waals surface area contributed by atoms with Crippen molar-refractivity contribution in [2.75, 3.05) is 43.0 Å². The Morgan fingerprint density at radius 1 is 1.29 bits per heavy atom. The number of carbonyl (C=O) groups is 1. The lowest BCUT2D eigenvalue weighted by atomic mass is 10.1. The number of nitrogens with zero attached hydrogens (tertiary/aromatic N) is 7. The van der Waals surface area contributed by atoms with Crippen molar-refractivity contribution in [1.29, 1.82) is 0 Å². The van der Waals surface area contributed by atoms with E-state index in [0.717, 1.165) is 37.7 Å². The van der Waals surface area contributed by atoms with Crippen molar-refractivity contribution in [3.05, 3.63) is 18.6 Å². The summed E-state index contributed by atoms with van der Waals surface area (Å²) in [7, 11) is 1.82. The summed E-state index contributed by atoms with van der Waals surface area (Å²) in [5, 5.41) is 4.40. The fraction of sp³-hybridized carbons (Fsp3) is 0.500.